The standard InChI is InChI=1S/C14H18BrNO2/c1-5-8-16(10(2)3)14(17)12-7-6-11(15)9-13(12)18-4/h5-7,9-10H,1,8H2,2-4H3. The number of amides is 1. The van der Waals surface area contributed by atoms with Crippen LogP contribution in [-0.2, 0) is 0 Å². The Kier molecular flexibility index (Phi) is 5.41. The van der Waals surface area contributed by atoms with Crippen LogP contribution in [0.25, 0.3) is 0 Å². The molecule has 3 nitrogen and oxygen atoms in total. The first-order chi connectivity index (χ1) is 8.51. The van der Waals surface area contributed by atoms with Gasteiger partial charge in [0.2, 0.25) is 0 Å². The number of hydrogen-bond donors (Lipinski definition) is 0. The lowest BCUT2D eigenvalue weighted by Crippen LogP contribution is -2.37. The van der Waals surface area contributed by atoms with Crippen molar-refractivity contribution in [2.45, 2.75) is 19.9 Å². The van der Waals surface area contributed by atoms with Gasteiger partial charge in [-0.05, 0) is 32.0 Å². The van der Waals surface area contributed by atoms with Gasteiger partial charge in [0, 0.05) is 17.1 Å². The summed E-state index contributed by atoms with van der Waals surface area (Å²) in [6.45, 7) is 8.16. The van der Waals surface area contributed by atoms with Crippen LogP contribution in [0.3, 0.4) is 0 Å². The van der Waals surface area contributed by atoms with Crippen molar-refractivity contribution in [3.8, 4) is 5.75 Å². The summed E-state index contributed by atoms with van der Waals surface area (Å²) in [7, 11) is 1.56. The molecule has 1 amide bonds. The topological polar surface area (TPSA) is 29.5 Å². The summed E-state index contributed by atoms with van der Waals surface area (Å²) in [5, 5.41) is 0. The van der Waals surface area contributed by atoms with Crippen molar-refractivity contribution in [3.63, 3.8) is 0 Å². The predicted octanol–water partition coefficient (Wildman–Crippen LogP) is 3.49. The lowest BCUT2D eigenvalue weighted by Gasteiger charge is -2.26. The molecule has 0 heterocycles. The van der Waals surface area contributed by atoms with E-state index in [4.69, 9.17) is 4.74 Å². The lowest BCUT2D eigenvalue weighted by molar-refractivity contribution is 0.0725. The average molecular weight is 312 g/mol. The zero-order chi connectivity index (χ0) is 13.7. The lowest BCUT2D eigenvalue weighted by atomic mass is 10.1. The van der Waals surface area contributed by atoms with E-state index in [-0.39, 0.29) is 11.9 Å². The monoisotopic (exact) mass is 311 g/mol. The molecule has 0 atom stereocenters. The molecule has 1 aromatic rings. The first-order valence-electron chi connectivity index (χ1n) is 5.76. The number of benzene rings is 1. The smallest absolute Gasteiger partial charge is 0.258 e. The predicted molar refractivity (Wildman–Crippen MR) is 77.1 cm³/mol. The average Bonchev–Trinajstić information content (AvgIpc) is 2.34. The summed E-state index contributed by atoms with van der Waals surface area (Å²) in [4.78, 5) is 14.2. The van der Waals surface area contributed by atoms with Gasteiger partial charge in [0.1, 0.15) is 5.75 Å². The van der Waals surface area contributed by atoms with Crippen LogP contribution in [0.15, 0.2) is 35.3 Å². The van der Waals surface area contributed by atoms with Gasteiger partial charge < -0.3 is 9.64 Å². The molecule has 1 rings (SSSR count). The summed E-state index contributed by atoms with van der Waals surface area (Å²) < 4.78 is 6.14. The fraction of sp³-hybridized carbons (Fsp3) is 0.357. The number of carbonyl (C=O) groups excluding carboxylic acids is 1. The van der Waals surface area contributed by atoms with E-state index in [0.717, 1.165) is 4.47 Å². The minimum atomic E-state index is -0.0470. The van der Waals surface area contributed by atoms with Gasteiger partial charge >= 0.3 is 0 Å². The van der Waals surface area contributed by atoms with E-state index in [9.17, 15) is 4.79 Å². The first kappa shape index (κ1) is 14.8. The van der Waals surface area contributed by atoms with Gasteiger partial charge in [-0.3, -0.25) is 4.79 Å². The van der Waals surface area contributed by atoms with Crippen molar-refractivity contribution >= 4 is 21.8 Å². The molecule has 0 aromatic heterocycles. The highest BCUT2D eigenvalue weighted by molar-refractivity contribution is 9.10. The number of methoxy groups -OCH3 is 1. The molecule has 0 bridgehead atoms. The van der Waals surface area contributed by atoms with E-state index < -0.39 is 0 Å². The second kappa shape index (κ2) is 6.59. The molecular formula is C14H18BrNO2. The summed E-state index contributed by atoms with van der Waals surface area (Å²) in [6, 6.07) is 5.51. The first-order valence-corrected chi connectivity index (χ1v) is 6.56. The van der Waals surface area contributed by atoms with Gasteiger partial charge in [-0.1, -0.05) is 22.0 Å². The van der Waals surface area contributed by atoms with Gasteiger partial charge in [-0.2, -0.15) is 0 Å². The van der Waals surface area contributed by atoms with E-state index >= 15 is 0 Å². The summed E-state index contributed by atoms with van der Waals surface area (Å²) in [6.07, 6.45) is 1.73. The van der Waals surface area contributed by atoms with Crippen molar-refractivity contribution in [1.29, 1.82) is 0 Å². The largest absolute Gasteiger partial charge is 0.496 e. The number of ether oxygens (including phenoxy) is 1. The molecule has 0 radical (unpaired) electrons. The molecule has 0 fully saturated rings. The number of carbonyl (C=O) groups is 1. The Labute approximate surface area is 117 Å². The van der Waals surface area contributed by atoms with Crippen LogP contribution in [0.2, 0.25) is 0 Å². The van der Waals surface area contributed by atoms with E-state index in [2.05, 4.69) is 22.5 Å². The van der Waals surface area contributed by atoms with Crippen molar-refractivity contribution in [3.05, 3.63) is 40.9 Å². The molecule has 0 spiro atoms. The zero-order valence-electron chi connectivity index (χ0n) is 10.9. The Morgan fingerprint density at radius 2 is 2.22 bits per heavy atom. The molecule has 0 saturated carbocycles. The zero-order valence-corrected chi connectivity index (χ0v) is 12.5. The SMILES string of the molecule is C=CCN(C(=O)c1ccc(Br)cc1OC)C(C)C. The minimum Gasteiger partial charge on any atom is -0.496 e. The number of nitrogens with zero attached hydrogens (tertiary/aromatic N) is 1. The van der Waals surface area contributed by atoms with E-state index in [1.54, 1.807) is 30.2 Å². The van der Waals surface area contributed by atoms with Gasteiger partial charge in [-0.25, -0.2) is 0 Å². The maximum Gasteiger partial charge on any atom is 0.258 e. The summed E-state index contributed by atoms with van der Waals surface area (Å²) >= 11 is 3.36. The second-order valence-electron chi connectivity index (χ2n) is 4.18. The fourth-order valence-electron chi connectivity index (χ4n) is 1.66. The van der Waals surface area contributed by atoms with Crippen molar-refractivity contribution in [2.24, 2.45) is 0 Å². The second-order valence-corrected chi connectivity index (χ2v) is 5.10. The quantitative estimate of drug-likeness (QED) is 0.779. The third-order valence-corrected chi connectivity index (χ3v) is 3.10. The van der Waals surface area contributed by atoms with E-state index in [0.29, 0.717) is 17.9 Å². The molecule has 0 aliphatic carbocycles. The highest BCUT2D eigenvalue weighted by Gasteiger charge is 2.20. The van der Waals surface area contributed by atoms with Gasteiger partial charge in [0.05, 0.1) is 12.7 Å². The Bertz CT molecular complexity index is 443. The third-order valence-electron chi connectivity index (χ3n) is 2.60. The van der Waals surface area contributed by atoms with Gasteiger partial charge in [-0.15, -0.1) is 6.58 Å². The molecule has 0 aliphatic heterocycles. The maximum atomic E-state index is 12.5. The minimum absolute atomic E-state index is 0.0470. The van der Waals surface area contributed by atoms with Crippen molar-refractivity contribution < 1.29 is 9.53 Å². The Hall–Kier alpha value is -1.29. The van der Waals surface area contributed by atoms with Crippen LogP contribution >= 0.6 is 15.9 Å². The van der Waals surface area contributed by atoms with Gasteiger partial charge in [0.25, 0.3) is 5.91 Å². The Balaban J connectivity index is 3.11. The summed E-state index contributed by atoms with van der Waals surface area (Å²) in [5.41, 5.74) is 0.566. The molecule has 98 valence electrons. The van der Waals surface area contributed by atoms with Crippen LogP contribution in [0.5, 0.6) is 5.75 Å². The number of hydrogen-bond acceptors (Lipinski definition) is 2. The molecule has 18 heavy (non-hydrogen) atoms. The van der Waals surface area contributed by atoms with Crippen molar-refractivity contribution in [2.75, 3.05) is 13.7 Å². The van der Waals surface area contributed by atoms with Crippen LogP contribution in [0.1, 0.15) is 24.2 Å². The number of rotatable bonds is 5. The van der Waals surface area contributed by atoms with Crippen LogP contribution in [0.4, 0.5) is 0 Å². The Morgan fingerprint density at radius 3 is 2.72 bits per heavy atom. The highest BCUT2D eigenvalue weighted by Crippen LogP contribution is 2.25. The normalized spacial score (nSPS) is 10.3. The molecule has 0 N–H and O–H groups in total. The third kappa shape index (κ3) is 3.35. The van der Waals surface area contributed by atoms with Crippen LogP contribution in [0, 0.1) is 0 Å². The van der Waals surface area contributed by atoms with E-state index in [1.807, 2.05) is 19.9 Å². The van der Waals surface area contributed by atoms with Crippen molar-refractivity contribution in [1.82, 2.24) is 4.90 Å². The van der Waals surface area contributed by atoms with Crippen LogP contribution in [-0.4, -0.2) is 30.5 Å². The molecule has 0 unspecified atom stereocenters. The van der Waals surface area contributed by atoms with Gasteiger partial charge in [0.15, 0.2) is 0 Å². The molecule has 0 saturated heterocycles. The van der Waals surface area contributed by atoms with E-state index in [1.165, 1.54) is 0 Å². The molecule has 1 aromatic carbocycles. The summed E-state index contributed by atoms with van der Waals surface area (Å²) in [5.74, 6) is 0.526. The Morgan fingerprint density at radius 1 is 1.56 bits per heavy atom. The fourth-order valence-corrected chi connectivity index (χ4v) is 2.00. The number of halogens is 1. The van der Waals surface area contributed by atoms with Crippen LogP contribution < -0.4 is 4.74 Å². The molecule has 0 aliphatic rings. The molecule has 4 heteroatoms. The highest BCUT2D eigenvalue weighted by atomic mass is 79.9. The molecular weight excluding hydrogens is 294 g/mol. The maximum absolute atomic E-state index is 12.5.